The van der Waals surface area contributed by atoms with E-state index in [1.165, 1.54) is 0 Å². The highest BCUT2D eigenvalue weighted by atomic mass is 16.2. The van der Waals surface area contributed by atoms with Gasteiger partial charge in [0.25, 0.3) is 5.91 Å². The zero-order valence-corrected chi connectivity index (χ0v) is 11.1. The minimum atomic E-state index is -0.0864. The molecule has 1 aliphatic rings. The molecule has 4 nitrogen and oxygen atoms in total. The molecular weight excluding hydrogens is 252 g/mol. The van der Waals surface area contributed by atoms with Crippen LogP contribution in [0.4, 0.5) is 0 Å². The van der Waals surface area contributed by atoms with E-state index in [0.717, 1.165) is 17.2 Å². The van der Waals surface area contributed by atoms with Crippen molar-refractivity contribution in [1.29, 1.82) is 0 Å². The number of amides is 2. The Labute approximate surface area is 117 Å². The first kappa shape index (κ1) is 12.7. The molecule has 0 spiro atoms. The molecule has 1 heterocycles. The van der Waals surface area contributed by atoms with Crippen LogP contribution in [0.1, 0.15) is 16.8 Å². The van der Waals surface area contributed by atoms with Gasteiger partial charge >= 0.3 is 0 Å². The first-order valence-corrected chi connectivity index (χ1v) is 6.79. The van der Waals surface area contributed by atoms with Crippen LogP contribution >= 0.6 is 0 Å². The Morgan fingerprint density at radius 1 is 1.10 bits per heavy atom. The summed E-state index contributed by atoms with van der Waals surface area (Å²) in [5.74, 6) is -0.163. The molecule has 2 aromatic carbocycles. The smallest absolute Gasteiger partial charge is 0.254 e. The molecular formula is C16H16N2O2. The third-order valence-corrected chi connectivity index (χ3v) is 3.55. The van der Waals surface area contributed by atoms with Gasteiger partial charge in [0, 0.05) is 18.7 Å². The van der Waals surface area contributed by atoms with Crippen LogP contribution in [0, 0.1) is 0 Å². The topological polar surface area (TPSA) is 49.4 Å². The van der Waals surface area contributed by atoms with Crippen LogP contribution in [0.25, 0.3) is 10.8 Å². The van der Waals surface area contributed by atoms with E-state index in [1.54, 1.807) is 4.90 Å². The van der Waals surface area contributed by atoms with Crippen molar-refractivity contribution in [1.82, 2.24) is 10.2 Å². The predicted octanol–water partition coefficient (Wildman–Crippen LogP) is 1.80. The van der Waals surface area contributed by atoms with Gasteiger partial charge in [-0.05, 0) is 29.3 Å². The number of hydrogen-bond acceptors (Lipinski definition) is 2. The summed E-state index contributed by atoms with van der Waals surface area (Å²) in [4.78, 5) is 25.6. The van der Waals surface area contributed by atoms with Crippen LogP contribution in [-0.4, -0.2) is 36.3 Å². The van der Waals surface area contributed by atoms with Crippen molar-refractivity contribution in [2.45, 2.75) is 6.42 Å². The second-order valence-corrected chi connectivity index (χ2v) is 4.99. The molecule has 3 rings (SSSR count). The molecule has 2 aromatic rings. The van der Waals surface area contributed by atoms with E-state index in [9.17, 15) is 9.59 Å². The van der Waals surface area contributed by atoms with Crippen LogP contribution in [0.3, 0.4) is 0 Å². The molecule has 0 aromatic heterocycles. The van der Waals surface area contributed by atoms with Crippen LogP contribution in [0.2, 0.25) is 0 Å². The van der Waals surface area contributed by atoms with Gasteiger partial charge in [0.2, 0.25) is 5.91 Å². The predicted molar refractivity (Wildman–Crippen MR) is 77.5 cm³/mol. The number of benzene rings is 2. The van der Waals surface area contributed by atoms with Crippen LogP contribution in [-0.2, 0) is 4.79 Å². The summed E-state index contributed by atoms with van der Waals surface area (Å²) in [5.41, 5.74) is 0.637. The Morgan fingerprint density at radius 3 is 2.75 bits per heavy atom. The Bertz CT molecular complexity index is 666. The quantitative estimate of drug-likeness (QED) is 0.857. The number of carbonyl (C=O) groups is 2. The number of rotatable bonds is 1. The fraction of sp³-hybridized carbons (Fsp3) is 0.250. The summed E-state index contributed by atoms with van der Waals surface area (Å²) in [6.45, 7) is 1.40. The third-order valence-electron chi connectivity index (χ3n) is 3.55. The molecule has 1 saturated heterocycles. The standard InChI is InChI=1S/C16H16N2O2/c19-15-11-18(9-3-8-17-15)16(20)14-7-6-12-4-1-2-5-13(12)10-14/h1-2,4-7,10H,3,8-9,11H2,(H,17,19). The summed E-state index contributed by atoms with van der Waals surface area (Å²) < 4.78 is 0. The van der Waals surface area contributed by atoms with Crippen LogP contribution < -0.4 is 5.32 Å². The number of fused-ring (bicyclic) bond motifs is 1. The maximum Gasteiger partial charge on any atom is 0.254 e. The van der Waals surface area contributed by atoms with E-state index < -0.39 is 0 Å². The van der Waals surface area contributed by atoms with Gasteiger partial charge < -0.3 is 10.2 Å². The van der Waals surface area contributed by atoms with E-state index in [4.69, 9.17) is 0 Å². The van der Waals surface area contributed by atoms with E-state index in [0.29, 0.717) is 18.7 Å². The third kappa shape index (κ3) is 2.50. The van der Waals surface area contributed by atoms with Crippen molar-refractivity contribution < 1.29 is 9.59 Å². The number of nitrogens with zero attached hydrogens (tertiary/aromatic N) is 1. The molecule has 0 aliphatic carbocycles. The van der Waals surface area contributed by atoms with Gasteiger partial charge in [-0.1, -0.05) is 30.3 Å². The molecule has 1 fully saturated rings. The maximum absolute atomic E-state index is 12.5. The van der Waals surface area contributed by atoms with Crippen molar-refractivity contribution in [3.63, 3.8) is 0 Å². The average molecular weight is 268 g/mol. The van der Waals surface area contributed by atoms with Gasteiger partial charge in [-0.15, -0.1) is 0 Å². The molecule has 20 heavy (non-hydrogen) atoms. The Hall–Kier alpha value is -2.36. The second kappa shape index (κ2) is 5.33. The number of hydrogen-bond donors (Lipinski definition) is 1. The molecule has 0 bridgehead atoms. The fourth-order valence-electron chi connectivity index (χ4n) is 2.48. The summed E-state index contributed by atoms with van der Waals surface area (Å²) in [6, 6.07) is 13.6. The monoisotopic (exact) mass is 268 g/mol. The van der Waals surface area contributed by atoms with Gasteiger partial charge in [-0.25, -0.2) is 0 Å². The maximum atomic E-state index is 12.5. The Balaban J connectivity index is 1.89. The molecule has 0 atom stereocenters. The highest BCUT2D eigenvalue weighted by Gasteiger charge is 2.20. The zero-order chi connectivity index (χ0) is 13.9. The first-order chi connectivity index (χ1) is 9.74. The Kier molecular flexibility index (Phi) is 3.37. The lowest BCUT2D eigenvalue weighted by Gasteiger charge is -2.19. The summed E-state index contributed by atoms with van der Waals surface area (Å²) in [7, 11) is 0. The lowest BCUT2D eigenvalue weighted by Crippen LogP contribution is -2.37. The van der Waals surface area contributed by atoms with Crippen molar-refractivity contribution in [2.24, 2.45) is 0 Å². The molecule has 0 unspecified atom stereocenters. The lowest BCUT2D eigenvalue weighted by molar-refractivity contribution is -0.121. The molecule has 4 heteroatoms. The van der Waals surface area contributed by atoms with Crippen LogP contribution in [0.15, 0.2) is 42.5 Å². The fourth-order valence-corrected chi connectivity index (χ4v) is 2.48. The number of carbonyl (C=O) groups excluding carboxylic acids is 2. The molecule has 102 valence electrons. The normalized spacial score (nSPS) is 15.8. The van der Waals surface area contributed by atoms with Crippen molar-refractivity contribution >= 4 is 22.6 Å². The minimum Gasteiger partial charge on any atom is -0.354 e. The van der Waals surface area contributed by atoms with Gasteiger partial charge in [0.15, 0.2) is 0 Å². The van der Waals surface area contributed by atoms with Crippen molar-refractivity contribution in [2.75, 3.05) is 19.6 Å². The largest absolute Gasteiger partial charge is 0.354 e. The van der Waals surface area contributed by atoms with Crippen molar-refractivity contribution in [3.8, 4) is 0 Å². The van der Waals surface area contributed by atoms with E-state index in [-0.39, 0.29) is 18.4 Å². The molecule has 0 radical (unpaired) electrons. The molecule has 2 amide bonds. The molecule has 1 N–H and O–H groups in total. The zero-order valence-electron chi connectivity index (χ0n) is 11.1. The highest BCUT2D eigenvalue weighted by Crippen LogP contribution is 2.17. The molecule has 0 saturated carbocycles. The second-order valence-electron chi connectivity index (χ2n) is 4.99. The van der Waals surface area contributed by atoms with Gasteiger partial charge in [-0.3, -0.25) is 9.59 Å². The lowest BCUT2D eigenvalue weighted by atomic mass is 10.1. The first-order valence-electron chi connectivity index (χ1n) is 6.79. The van der Waals surface area contributed by atoms with Crippen molar-refractivity contribution in [3.05, 3.63) is 48.0 Å². The highest BCUT2D eigenvalue weighted by molar-refractivity contribution is 6.00. The van der Waals surface area contributed by atoms with E-state index >= 15 is 0 Å². The molecule has 1 aliphatic heterocycles. The summed E-state index contributed by atoms with van der Waals surface area (Å²) in [6.07, 6.45) is 0.797. The van der Waals surface area contributed by atoms with E-state index in [1.807, 2.05) is 42.5 Å². The van der Waals surface area contributed by atoms with Crippen LogP contribution in [0.5, 0.6) is 0 Å². The summed E-state index contributed by atoms with van der Waals surface area (Å²) >= 11 is 0. The van der Waals surface area contributed by atoms with Gasteiger partial charge in [0.1, 0.15) is 0 Å². The van der Waals surface area contributed by atoms with E-state index in [2.05, 4.69) is 5.32 Å². The van der Waals surface area contributed by atoms with Gasteiger partial charge in [-0.2, -0.15) is 0 Å². The SMILES string of the molecule is O=C1CN(C(=O)c2ccc3ccccc3c2)CCCN1. The average Bonchev–Trinajstić information content (AvgIpc) is 2.70. The number of nitrogens with one attached hydrogen (secondary N) is 1. The van der Waals surface area contributed by atoms with Gasteiger partial charge in [0.05, 0.1) is 6.54 Å². The minimum absolute atomic E-state index is 0.0761. The Morgan fingerprint density at radius 2 is 1.90 bits per heavy atom. The summed E-state index contributed by atoms with van der Waals surface area (Å²) in [5, 5.41) is 4.93.